The van der Waals surface area contributed by atoms with E-state index >= 15 is 0 Å². The van der Waals surface area contributed by atoms with Crippen LogP contribution in [0.25, 0.3) is 5.69 Å². The summed E-state index contributed by atoms with van der Waals surface area (Å²) >= 11 is 0. The van der Waals surface area contributed by atoms with Gasteiger partial charge in [-0.3, -0.25) is 0 Å². The summed E-state index contributed by atoms with van der Waals surface area (Å²) in [5.74, 6) is 0. The number of nitrogen functional groups attached to an aromatic ring is 1. The molecule has 2 aromatic rings. The Morgan fingerprint density at radius 2 is 2.00 bits per heavy atom. The molecule has 84 valence electrons. The second-order valence-corrected chi connectivity index (χ2v) is 3.61. The van der Waals surface area contributed by atoms with E-state index < -0.39 is 0 Å². The summed E-state index contributed by atoms with van der Waals surface area (Å²) in [4.78, 5) is 0. The summed E-state index contributed by atoms with van der Waals surface area (Å²) in [6.45, 7) is 1.95. The molecule has 0 amide bonds. The SMILES string of the molecule is COC(C)c1c(N)cnn1-c1ccccc1. The molecule has 4 nitrogen and oxygen atoms in total. The van der Waals surface area contributed by atoms with E-state index in [-0.39, 0.29) is 6.10 Å². The third kappa shape index (κ3) is 1.79. The van der Waals surface area contributed by atoms with E-state index in [1.807, 2.05) is 41.9 Å². The van der Waals surface area contributed by atoms with Crippen LogP contribution in [-0.4, -0.2) is 16.9 Å². The molecule has 4 heteroatoms. The van der Waals surface area contributed by atoms with Gasteiger partial charge in [0, 0.05) is 7.11 Å². The minimum Gasteiger partial charge on any atom is -0.396 e. The molecular formula is C12H15N3O. The highest BCUT2D eigenvalue weighted by Crippen LogP contribution is 2.24. The maximum atomic E-state index is 5.89. The number of methoxy groups -OCH3 is 1. The molecule has 0 bridgehead atoms. The first-order valence-corrected chi connectivity index (χ1v) is 5.15. The van der Waals surface area contributed by atoms with E-state index in [0.717, 1.165) is 11.4 Å². The predicted octanol–water partition coefficient (Wildman–Crippen LogP) is 2.16. The fourth-order valence-corrected chi connectivity index (χ4v) is 1.66. The lowest BCUT2D eigenvalue weighted by molar-refractivity contribution is 0.114. The smallest absolute Gasteiger partial charge is 0.0985 e. The Morgan fingerprint density at radius 1 is 1.31 bits per heavy atom. The van der Waals surface area contributed by atoms with Crippen molar-refractivity contribution in [2.24, 2.45) is 0 Å². The molecule has 0 aliphatic carbocycles. The summed E-state index contributed by atoms with van der Waals surface area (Å²) in [6.07, 6.45) is 1.57. The largest absolute Gasteiger partial charge is 0.396 e. The number of aromatic nitrogens is 2. The van der Waals surface area contributed by atoms with Gasteiger partial charge in [0.05, 0.1) is 29.4 Å². The van der Waals surface area contributed by atoms with Crippen molar-refractivity contribution in [2.75, 3.05) is 12.8 Å². The fourth-order valence-electron chi connectivity index (χ4n) is 1.66. The normalized spacial score (nSPS) is 12.6. The molecule has 0 aliphatic rings. The molecule has 0 fully saturated rings. The van der Waals surface area contributed by atoms with E-state index in [1.54, 1.807) is 13.3 Å². The topological polar surface area (TPSA) is 53.1 Å². The predicted molar refractivity (Wildman–Crippen MR) is 63.4 cm³/mol. The lowest BCUT2D eigenvalue weighted by Crippen LogP contribution is -2.08. The van der Waals surface area contributed by atoms with E-state index in [9.17, 15) is 0 Å². The van der Waals surface area contributed by atoms with Crippen molar-refractivity contribution < 1.29 is 4.74 Å². The first-order valence-electron chi connectivity index (χ1n) is 5.15. The van der Waals surface area contributed by atoms with E-state index in [0.29, 0.717) is 5.69 Å². The minimum absolute atomic E-state index is 0.0808. The van der Waals surface area contributed by atoms with E-state index in [1.165, 1.54) is 0 Å². The average molecular weight is 217 g/mol. The lowest BCUT2D eigenvalue weighted by Gasteiger charge is -2.13. The second kappa shape index (κ2) is 4.37. The lowest BCUT2D eigenvalue weighted by atomic mass is 10.2. The van der Waals surface area contributed by atoms with Gasteiger partial charge in [-0.15, -0.1) is 0 Å². The van der Waals surface area contributed by atoms with E-state index in [2.05, 4.69) is 5.10 Å². The maximum absolute atomic E-state index is 5.89. The third-order valence-electron chi connectivity index (χ3n) is 2.58. The van der Waals surface area contributed by atoms with Crippen LogP contribution in [0.3, 0.4) is 0 Å². The Bertz CT molecular complexity index is 464. The number of para-hydroxylation sites is 1. The van der Waals surface area contributed by atoms with Gasteiger partial charge in [-0.25, -0.2) is 4.68 Å². The van der Waals surface area contributed by atoms with Gasteiger partial charge in [0.2, 0.25) is 0 Å². The Labute approximate surface area is 94.6 Å². The number of rotatable bonds is 3. The zero-order valence-corrected chi connectivity index (χ0v) is 9.42. The van der Waals surface area contributed by atoms with Gasteiger partial charge in [-0.2, -0.15) is 5.10 Å². The monoisotopic (exact) mass is 217 g/mol. The zero-order valence-electron chi connectivity index (χ0n) is 9.42. The van der Waals surface area contributed by atoms with Crippen LogP contribution in [0.5, 0.6) is 0 Å². The van der Waals surface area contributed by atoms with Crippen molar-refractivity contribution in [1.82, 2.24) is 9.78 Å². The van der Waals surface area contributed by atoms with Gasteiger partial charge >= 0.3 is 0 Å². The molecule has 1 aromatic heterocycles. The fraction of sp³-hybridized carbons (Fsp3) is 0.250. The summed E-state index contributed by atoms with van der Waals surface area (Å²) < 4.78 is 7.11. The highest BCUT2D eigenvalue weighted by Gasteiger charge is 2.15. The van der Waals surface area contributed by atoms with Crippen molar-refractivity contribution in [3.05, 3.63) is 42.2 Å². The number of hydrogen-bond donors (Lipinski definition) is 1. The van der Waals surface area contributed by atoms with Gasteiger partial charge in [0.1, 0.15) is 0 Å². The number of nitrogens with two attached hydrogens (primary N) is 1. The quantitative estimate of drug-likeness (QED) is 0.857. The van der Waals surface area contributed by atoms with Crippen molar-refractivity contribution >= 4 is 5.69 Å². The molecule has 1 unspecified atom stereocenters. The van der Waals surface area contributed by atoms with Crippen molar-refractivity contribution in [3.63, 3.8) is 0 Å². The van der Waals surface area contributed by atoms with Gasteiger partial charge in [-0.1, -0.05) is 18.2 Å². The van der Waals surface area contributed by atoms with E-state index in [4.69, 9.17) is 10.5 Å². The van der Waals surface area contributed by atoms with Crippen LogP contribution in [0.2, 0.25) is 0 Å². The summed E-state index contributed by atoms with van der Waals surface area (Å²) in [6, 6.07) is 9.87. The number of nitrogens with zero attached hydrogens (tertiary/aromatic N) is 2. The van der Waals surface area contributed by atoms with Crippen molar-refractivity contribution in [2.45, 2.75) is 13.0 Å². The molecule has 1 aromatic carbocycles. The van der Waals surface area contributed by atoms with Crippen LogP contribution in [0.4, 0.5) is 5.69 Å². The van der Waals surface area contributed by atoms with Gasteiger partial charge < -0.3 is 10.5 Å². The third-order valence-corrected chi connectivity index (χ3v) is 2.58. The van der Waals surface area contributed by atoms with Crippen molar-refractivity contribution in [3.8, 4) is 5.69 Å². The van der Waals surface area contributed by atoms with Crippen LogP contribution in [0.15, 0.2) is 36.5 Å². The van der Waals surface area contributed by atoms with Gasteiger partial charge in [0.25, 0.3) is 0 Å². The number of ether oxygens (including phenoxy) is 1. The highest BCUT2D eigenvalue weighted by molar-refractivity contribution is 5.47. The Balaban J connectivity index is 2.50. The Morgan fingerprint density at radius 3 is 2.62 bits per heavy atom. The van der Waals surface area contributed by atoms with Gasteiger partial charge in [0.15, 0.2) is 0 Å². The van der Waals surface area contributed by atoms with Crippen LogP contribution >= 0.6 is 0 Å². The Hall–Kier alpha value is -1.81. The summed E-state index contributed by atoms with van der Waals surface area (Å²) in [5.41, 5.74) is 8.41. The highest BCUT2D eigenvalue weighted by atomic mass is 16.5. The first-order chi connectivity index (χ1) is 7.74. The molecule has 1 heterocycles. The molecule has 0 saturated heterocycles. The summed E-state index contributed by atoms with van der Waals surface area (Å²) in [5, 5.41) is 4.27. The maximum Gasteiger partial charge on any atom is 0.0985 e. The molecule has 0 spiro atoms. The Kier molecular flexibility index (Phi) is 2.92. The van der Waals surface area contributed by atoms with Crippen LogP contribution < -0.4 is 5.73 Å². The molecular weight excluding hydrogens is 202 g/mol. The molecule has 0 radical (unpaired) electrons. The number of anilines is 1. The van der Waals surface area contributed by atoms with Crippen molar-refractivity contribution in [1.29, 1.82) is 0 Å². The van der Waals surface area contributed by atoms with Crippen LogP contribution in [0.1, 0.15) is 18.7 Å². The molecule has 16 heavy (non-hydrogen) atoms. The minimum atomic E-state index is -0.0808. The van der Waals surface area contributed by atoms with Crippen LogP contribution in [-0.2, 0) is 4.74 Å². The first kappa shape index (κ1) is 10.7. The molecule has 2 N–H and O–H groups in total. The average Bonchev–Trinajstić information content (AvgIpc) is 2.71. The van der Waals surface area contributed by atoms with Gasteiger partial charge in [-0.05, 0) is 19.1 Å². The number of hydrogen-bond acceptors (Lipinski definition) is 3. The molecule has 1 atom stereocenters. The molecule has 2 rings (SSSR count). The zero-order chi connectivity index (χ0) is 11.5. The second-order valence-electron chi connectivity index (χ2n) is 3.61. The number of benzene rings is 1. The molecule has 0 saturated carbocycles. The summed E-state index contributed by atoms with van der Waals surface area (Å²) in [7, 11) is 1.66. The van der Waals surface area contributed by atoms with Crippen LogP contribution in [0, 0.1) is 0 Å². The molecule has 0 aliphatic heterocycles. The standard InChI is InChI=1S/C12H15N3O/c1-9(16-2)12-11(13)8-14-15(12)10-6-4-3-5-7-10/h3-9H,13H2,1-2H3.